The molecule has 0 radical (unpaired) electrons. The van der Waals surface area contributed by atoms with Crippen LogP contribution in [0.5, 0.6) is 5.75 Å². The molecular formula is C26H25F3N2O4. The average Bonchev–Trinajstić information content (AvgIpc) is 3.35. The van der Waals surface area contributed by atoms with Crippen molar-refractivity contribution in [1.29, 1.82) is 0 Å². The summed E-state index contributed by atoms with van der Waals surface area (Å²) in [6.07, 6.45) is -3.71. The second-order valence-electron chi connectivity index (χ2n) is 8.24. The van der Waals surface area contributed by atoms with Gasteiger partial charge in [0.2, 0.25) is 5.91 Å². The van der Waals surface area contributed by atoms with Crippen molar-refractivity contribution in [3.05, 3.63) is 77.6 Å². The molecule has 6 nitrogen and oxygen atoms in total. The molecule has 2 aromatic carbocycles. The highest BCUT2D eigenvalue weighted by Gasteiger charge is 2.31. The Morgan fingerprint density at radius 3 is 2.11 bits per heavy atom. The van der Waals surface area contributed by atoms with Gasteiger partial charge in [-0.2, -0.15) is 13.2 Å². The maximum atomic E-state index is 12.7. The van der Waals surface area contributed by atoms with Crippen molar-refractivity contribution >= 4 is 11.8 Å². The molecule has 0 unspecified atom stereocenters. The number of piperazine rings is 1. The van der Waals surface area contributed by atoms with Gasteiger partial charge in [-0.3, -0.25) is 9.59 Å². The number of carbonyl (C=O) groups is 2. The topological polar surface area (TPSA) is 63.0 Å². The van der Waals surface area contributed by atoms with Crippen molar-refractivity contribution in [2.45, 2.75) is 19.0 Å². The molecule has 0 saturated carbocycles. The predicted octanol–water partition coefficient (Wildman–Crippen LogP) is 4.89. The number of methoxy groups -OCH3 is 1. The number of halogens is 3. The molecule has 2 heterocycles. The van der Waals surface area contributed by atoms with Gasteiger partial charge in [0.05, 0.1) is 12.7 Å². The molecule has 0 N–H and O–H groups in total. The van der Waals surface area contributed by atoms with Gasteiger partial charge in [0.25, 0.3) is 5.91 Å². The van der Waals surface area contributed by atoms with Crippen LogP contribution in [0.3, 0.4) is 0 Å². The van der Waals surface area contributed by atoms with Crippen LogP contribution in [0.1, 0.15) is 28.1 Å². The first-order valence-electron chi connectivity index (χ1n) is 11.2. The lowest BCUT2D eigenvalue weighted by Crippen LogP contribution is -2.50. The van der Waals surface area contributed by atoms with Crippen molar-refractivity contribution in [1.82, 2.24) is 9.80 Å². The fourth-order valence-electron chi connectivity index (χ4n) is 3.95. The molecule has 1 aliphatic heterocycles. The van der Waals surface area contributed by atoms with Gasteiger partial charge < -0.3 is 19.0 Å². The summed E-state index contributed by atoms with van der Waals surface area (Å²) in [6, 6.07) is 15.4. The van der Waals surface area contributed by atoms with Crippen LogP contribution in [0, 0.1) is 0 Å². The van der Waals surface area contributed by atoms with E-state index < -0.39 is 11.7 Å². The maximum Gasteiger partial charge on any atom is 0.416 e. The summed E-state index contributed by atoms with van der Waals surface area (Å²) in [5.41, 5.74) is 0.317. The quantitative estimate of drug-likeness (QED) is 0.498. The first-order valence-corrected chi connectivity index (χ1v) is 11.2. The number of benzene rings is 2. The largest absolute Gasteiger partial charge is 0.497 e. The molecule has 184 valence electrons. The molecule has 1 aromatic heterocycles. The number of ether oxygens (including phenoxy) is 1. The van der Waals surface area contributed by atoms with Gasteiger partial charge in [-0.25, -0.2) is 0 Å². The summed E-state index contributed by atoms with van der Waals surface area (Å²) in [5.74, 6) is 1.81. The Hall–Kier alpha value is -3.75. The average molecular weight is 486 g/mol. The number of alkyl halides is 3. The van der Waals surface area contributed by atoms with E-state index in [0.29, 0.717) is 44.1 Å². The minimum Gasteiger partial charge on any atom is -0.497 e. The summed E-state index contributed by atoms with van der Waals surface area (Å²) in [7, 11) is 1.61. The van der Waals surface area contributed by atoms with Gasteiger partial charge in [0.15, 0.2) is 0 Å². The van der Waals surface area contributed by atoms with E-state index in [1.165, 1.54) is 12.1 Å². The molecule has 3 aromatic rings. The Morgan fingerprint density at radius 1 is 0.886 bits per heavy atom. The standard InChI is InChI=1S/C26H25F3N2O4/c1-34-21-8-4-18(5-9-21)23-12-10-22(35-23)11-13-24(32)30-14-16-31(17-15-30)25(33)19-2-6-20(7-3-19)26(27,28)29/h2-10,12H,11,13-17H2,1H3. The van der Waals surface area contributed by atoms with Crippen LogP contribution in [0.25, 0.3) is 11.3 Å². The van der Waals surface area contributed by atoms with Gasteiger partial charge in [-0.1, -0.05) is 0 Å². The zero-order valence-electron chi connectivity index (χ0n) is 19.2. The van der Waals surface area contributed by atoms with Crippen LogP contribution in [0.15, 0.2) is 65.1 Å². The number of hydrogen-bond acceptors (Lipinski definition) is 4. The van der Waals surface area contributed by atoms with Crippen LogP contribution in [0.2, 0.25) is 0 Å². The Labute approximate surface area is 200 Å². The number of nitrogens with zero attached hydrogens (tertiary/aromatic N) is 2. The fraction of sp³-hybridized carbons (Fsp3) is 0.308. The van der Waals surface area contributed by atoms with Gasteiger partial charge in [-0.15, -0.1) is 0 Å². The summed E-state index contributed by atoms with van der Waals surface area (Å²) < 4.78 is 49.2. The lowest BCUT2D eigenvalue weighted by Gasteiger charge is -2.35. The Morgan fingerprint density at radius 2 is 1.51 bits per heavy atom. The normalized spacial score (nSPS) is 14.2. The highest BCUT2D eigenvalue weighted by Crippen LogP contribution is 2.29. The Bertz CT molecular complexity index is 1160. The summed E-state index contributed by atoms with van der Waals surface area (Å²) in [6.45, 7) is 1.41. The van der Waals surface area contributed by atoms with Crippen LogP contribution in [-0.4, -0.2) is 54.9 Å². The van der Waals surface area contributed by atoms with Crippen LogP contribution >= 0.6 is 0 Å². The number of aryl methyl sites for hydroxylation is 1. The highest BCUT2D eigenvalue weighted by molar-refractivity contribution is 5.94. The van der Waals surface area contributed by atoms with Gasteiger partial charge in [-0.05, 0) is 60.7 Å². The molecule has 0 aliphatic carbocycles. The van der Waals surface area contributed by atoms with Crippen molar-refractivity contribution < 1.29 is 31.9 Å². The lowest BCUT2D eigenvalue weighted by molar-refractivity contribution is -0.137. The smallest absolute Gasteiger partial charge is 0.416 e. The zero-order chi connectivity index (χ0) is 25.0. The molecule has 9 heteroatoms. The van der Waals surface area contributed by atoms with E-state index in [0.717, 1.165) is 23.4 Å². The van der Waals surface area contributed by atoms with Crippen molar-refractivity contribution in [2.24, 2.45) is 0 Å². The first-order chi connectivity index (χ1) is 16.7. The summed E-state index contributed by atoms with van der Waals surface area (Å²) in [4.78, 5) is 28.5. The second kappa shape index (κ2) is 10.2. The number of furan rings is 1. The van der Waals surface area contributed by atoms with Gasteiger partial charge >= 0.3 is 6.18 Å². The van der Waals surface area contributed by atoms with E-state index in [1.807, 2.05) is 36.4 Å². The SMILES string of the molecule is COc1ccc(-c2ccc(CCC(=O)N3CCN(C(=O)c4ccc(C(F)(F)F)cc4)CC3)o2)cc1. The number of carbonyl (C=O) groups excluding carboxylic acids is 2. The zero-order valence-corrected chi connectivity index (χ0v) is 19.2. The van der Waals surface area contributed by atoms with Gasteiger partial charge in [0, 0.05) is 50.1 Å². The van der Waals surface area contributed by atoms with Crippen LogP contribution in [0.4, 0.5) is 13.2 Å². The fourth-order valence-corrected chi connectivity index (χ4v) is 3.95. The summed E-state index contributed by atoms with van der Waals surface area (Å²) in [5, 5.41) is 0. The second-order valence-corrected chi connectivity index (χ2v) is 8.24. The molecule has 4 rings (SSSR count). The monoisotopic (exact) mass is 486 g/mol. The molecule has 1 fully saturated rings. The Kier molecular flexibility index (Phi) is 7.14. The van der Waals surface area contributed by atoms with E-state index in [-0.39, 0.29) is 23.8 Å². The molecule has 2 amide bonds. The molecule has 35 heavy (non-hydrogen) atoms. The van der Waals surface area contributed by atoms with Crippen molar-refractivity contribution in [3.8, 4) is 17.1 Å². The van der Waals surface area contributed by atoms with E-state index in [4.69, 9.17) is 9.15 Å². The predicted molar refractivity (Wildman–Crippen MR) is 123 cm³/mol. The van der Waals surface area contributed by atoms with Crippen molar-refractivity contribution in [3.63, 3.8) is 0 Å². The van der Waals surface area contributed by atoms with Crippen LogP contribution in [-0.2, 0) is 17.4 Å². The third-order valence-corrected chi connectivity index (χ3v) is 6.00. The number of amides is 2. The summed E-state index contributed by atoms with van der Waals surface area (Å²) >= 11 is 0. The molecule has 1 saturated heterocycles. The minimum absolute atomic E-state index is 0.0333. The van der Waals surface area contributed by atoms with Crippen LogP contribution < -0.4 is 4.74 Å². The Balaban J connectivity index is 1.25. The number of rotatable bonds is 6. The van der Waals surface area contributed by atoms with E-state index in [1.54, 1.807) is 16.9 Å². The molecule has 0 atom stereocenters. The first kappa shape index (κ1) is 24.4. The number of hydrogen-bond donors (Lipinski definition) is 0. The van der Waals surface area contributed by atoms with Crippen molar-refractivity contribution in [2.75, 3.05) is 33.3 Å². The van der Waals surface area contributed by atoms with Gasteiger partial charge in [0.1, 0.15) is 17.3 Å². The van der Waals surface area contributed by atoms with E-state index in [2.05, 4.69) is 0 Å². The highest BCUT2D eigenvalue weighted by atomic mass is 19.4. The molecule has 0 spiro atoms. The molecule has 0 bridgehead atoms. The minimum atomic E-state index is -4.44. The lowest BCUT2D eigenvalue weighted by atomic mass is 10.1. The third-order valence-electron chi connectivity index (χ3n) is 6.00. The maximum absolute atomic E-state index is 12.7. The van der Waals surface area contributed by atoms with E-state index >= 15 is 0 Å². The molecular weight excluding hydrogens is 461 g/mol. The third kappa shape index (κ3) is 5.85. The van der Waals surface area contributed by atoms with E-state index in [9.17, 15) is 22.8 Å². The molecule has 1 aliphatic rings.